The summed E-state index contributed by atoms with van der Waals surface area (Å²) in [5.41, 5.74) is 0.767. The molecule has 5 nitrogen and oxygen atoms in total. The van der Waals surface area contributed by atoms with Crippen LogP contribution in [-0.4, -0.2) is 35.4 Å². The molecule has 0 saturated heterocycles. The fraction of sp³-hybridized carbons (Fsp3) is 0.733. The van der Waals surface area contributed by atoms with Gasteiger partial charge >= 0.3 is 5.97 Å². The van der Waals surface area contributed by atoms with Gasteiger partial charge in [-0.1, -0.05) is 42.3 Å². The monoisotopic (exact) mass is 590 g/mol. The lowest BCUT2D eigenvalue weighted by Crippen LogP contribution is -2.60. The largest absolute Gasteiger partial charge is 0.466 e. The third kappa shape index (κ3) is 4.26. The molecule has 0 heterocycles. The van der Waals surface area contributed by atoms with Gasteiger partial charge in [0.2, 0.25) is 0 Å². The van der Waals surface area contributed by atoms with Crippen molar-refractivity contribution in [2.24, 2.45) is 39.4 Å². The lowest BCUT2D eigenvalue weighted by atomic mass is 9.39. The molecule has 5 rings (SSSR count). The van der Waals surface area contributed by atoms with E-state index < -0.39 is 5.41 Å². The predicted octanol–water partition coefficient (Wildman–Crippen LogP) is 6.69. The summed E-state index contributed by atoms with van der Waals surface area (Å²) in [5, 5.41) is 18.6. The zero-order valence-corrected chi connectivity index (χ0v) is 25.1. The topological polar surface area (TPSA) is 70.6 Å². The molecule has 8 atom stereocenters. The predicted molar refractivity (Wildman–Crippen MR) is 155 cm³/mol. The molecule has 0 unspecified atom stereocenters. The maximum atomic E-state index is 13.3. The van der Waals surface area contributed by atoms with Gasteiger partial charge in [0, 0.05) is 28.7 Å². The van der Waals surface area contributed by atoms with Crippen LogP contribution in [0.4, 0.5) is 5.69 Å². The summed E-state index contributed by atoms with van der Waals surface area (Å²) in [6.07, 6.45) is 8.64. The van der Waals surface area contributed by atoms with Crippen LogP contribution in [0.15, 0.2) is 28.7 Å². The Morgan fingerprint density at radius 2 is 1.92 bits per heavy atom. The molecule has 1 aromatic rings. The number of fused-ring (bicyclic) bond motifs is 3. The lowest BCUT2D eigenvalue weighted by Gasteiger charge is -2.65. The molecule has 37 heavy (non-hydrogen) atoms. The van der Waals surface area contributed by atoms with E-state index >= 15 is 0 Å². The van der Waals surface area contributed by atoms with E-state index in [9.17, 15) is 9.90 Å². The molecule has 0 aliphatic heterocycles. The molecular formula is C30H43BrN2O3S. The number of ether oxygens (including phenoxy) is 1. The highest BCUT2D eigenvalue weighted by Gasteiger charge is 2.71. The molecule has 204 valence electrons. The molecule has 7 heteroatoms. The molecule has 1 spiro atoms. The Labute approximate surface area is 236 Å². The molecule has 1 aromatic carbocycles. The number of aliphatic hydroxyl groups excluding tert-OH is 1. The maximum Gasteiger partial charge on any atom is 0.312 e. The van der Waals surface area contributed by atoms with E-state index in [2.05, 4.69) is 47.3 Å². The minimum absolute atomic E-state index is 0.00355. The molecule has 0 aromatic heterocycles. The van der Waals surface area contributed by atoms with Crippen LogP contribution in [0, 0.1) is 39.4 Å². The van der Waals surface area contributed by atoms with E-state index in [0.29, 0.717) is 23.6 Å². The number of nitrogens with one attached hydrogen (secondary N) is 2. The summed E-state index contributed by atoms with van der Waals surface area (Å²) in [5.74, 6) is 0.965. The summed E-state index contributed by atoms with van der Waals surface area (Å²) >= 11 is 9.33. The SMILES string of the molecule is CCOC(=O)[C@]1(C)CCC[C@@]2(C)[C@@H]3CC[C@@]4(C)C[C@]3(CC[C@@H]21)[C@H](CO)[C@H]4NC(=S)Nc1cccc(Br)c1. The summed E-state index contributed by atoms with van der Waals surface area (Å²) < 4.78 is 6.64. The van der Waals surface area contributed by atoms with Gasteiger partial charge in [0.25, 0.3) is 0 Å². The van der Waals surface area contributed by atoms with Crippen molar-refractivity contribution in [1.82, 2.24) is 5.32 Å². The number of hydrogen-bond acceptors (Lipinski definition) is 4. The first-order valence-corrected chi connectivity index (χ1v) is 15.3. The smallest absolute Gasteiger partial charge is 0.312 e. The molecule has 2 bridgehead atoms. The van der Waals surface area contributed by atoms with Crippen molar-refractivity contribution in [3.63, 3.8) is 0 Å². The second-order valence-corrected chi connectivity index (χ2v) is 14.4. The highest BCUT2D eigenvalue weighted by Crippen LogP contribution is 2.75. The fourth-order valence-electron chi connectivity index (χ4n) is 10.0. The third-order valence-electron chi connectivity index (χ3n) is 11.3. The van der Waals surface area contributed by atoms with Crippen molar-refractivity contribution in [2.45, 2.75) is 85.1 Å². The van der Waals surface area contributed by atoms with Gasteiger partial charge in [0.1, 0.15) is 0 Å². The quantitative estimate of drug-likeness (QED) is 0.262. The summed E-state index contributed by atoms with van der Waals surface area (Å²) in [6, 6.07) is 8.14. The number of rotatable bonds is 5. The first kappa shape index (κ1) is 27.4. The van der Waals surface area contributed by atoms with Crippen LogP contribution in [0.2, 0.25) is 0 Å². The van der Waals surface area contributed by atoms with Gasteiger partial charge < -0.3 is 20.5 Å². The Balaban J connectivity index is 1.43. The zero-order chi connectivity index (χ0) is 26.6. The number of hydrogen-bond donors (Lipinski definition) is 3. The van der Waals surface area contributed by atoms with Crippen molar-refractivity contribution < 1.29 is 14.6 Å². The van der Waals surface area contributed by atoms with Crippen LogP contribution in [0.25, 0.3) is 0 Å². The van der Waals surface area contributed by atoms with E-state index in [0.717, 1.165) is 61.5 Å². The van der Waals surface area contributed by atoms with Crippen molar-refractivity contribution >= 4 is 44.9 Å². The van der Waals surface area contributed by atoms with E-state index in [-0.39, 0.29) is 40.8 Å². The standard InChI is InChI=1S/C30H43BrN2O3S/c1-5-36-25(35)29(4)13-7-12-28(3)22(29)11-15-30-18-27(2,14-10-23(28)30)24(21(30)17-34)33-26(37)32-20-9-6-8-19(31)16-20/h6,8-9,16,21-24,34H,5,7,10-15,17-18H2,1-4H3,(H2,32,33,37)/t21-,22+,23+,24-,27+,28-,29-,30-/m1/s1. The molecule has 4 fully saturated rings. The highest BCUT2D eigenvalue weighted by atomic mass is 79.9. The molecule has 0 amide bonds. The number of carbonyl (C=O) groups is 1. The minimum Gasteiger partial charge on any atom is -0.466 e. The number of esters is 1. The summed E-state index contributed by atoms with van der Waals surface area (Å²) in [7, 11) is 0. The van der Waals surface area contributed by atoms with Crippen molar-refractivity contribution in [2.75, 3.05) is 18.5 Å². The van der Waals surface area contributed by atoms with Crippen LogP contribution >= 0.6 is 28.1 Å². The molecule has 0 radical (unpaired) electrons. The van der Waals surface area contributed by atoms with E-state index in [1.807, 2.05) is 31.2 Å². The molecule has 4 saturated carbocycles. The second kappa shape index (κ2) is 9.78. The van der Waals surface area contributed by atoms with Gasteiger partial charge in [-0.3, -0.25) is 4.79 Å². The Morgan fingerprint density at radius 3 is 2.62 bits per heavy atom. The fourth-order valence-corrected chi connectivity index (χ4v) is 10.6. The maximum absolute atomic E-state index is 13.3. The summed E-state index contributed by atoms with van der Waals surface area (Å²) in [6.45, 7) is 9.56. The second-order valence-electron chi connectivity index (χ2n) is 13.1. The van der Waals surface area contributed by atoms with Crippen LogP contribution < -0.4 is 10.6 Å². The van der Waals surface area contributed by atoms with Crippen LogP contribution in [0.5, 0.6) is 0 Å². The number of anilines is 1. The number of benzene rings is 1. The molecular weight excluding hydrogens is 548 g/mol. The third-order valence-corrected chi connectivity index (χ3v) is 12.0. The van der Waals surface area contributed by atoms with Gasteiger partial charge in [-0.25, -0.2) is 0 Å². The Bertz CT molecular complexity index is 1070. The van der Waals surface area contributed by atoms with E-state index in [1.165, 1.54) is 0 Å². The average Bonchev–Trinajstić information content (AvgIpc) is 3.00. The van der Waals surface area contributed by atoms with E-state index in [1.54, 1.807) is 0 Å². The Hall–Kier alpha value is -1.18. The molecule has 4 aliphatic carbocycles. The summed E-state index contributed by atoms with van der Waals surface area (Å²) in [4.78, 5) is 13.3. The first-order valence-electron chi connectivity index (χ1n) is 14.1. The number of thiocarbonyl (C=S) groups is 1. The van der Waals surface area contributed by atoms with Gasteiger partial charge in [0.15, 0.2) is 5.11 Å². The van der Waals surface area contributed by atoms with Gasteiger partial charge in [0.05, 0.1) is 12.0 Å². The molecule has 4 aliphatic rings. The van der Waals surface area contributed by atoms with Gasteiger partial charge in [-0.05, 0) is 117 Å². The van der Waals surface area contributed by atoms with Crippen molar-refractivity contribution in [3.8, 4) is 0 Å². The normalized spacial score (nSPS) is 42.3. The number of halogens is 1. The highest BCUT2D eigenvalue weighted by molar-refractivity contribution is 9.10. The Morgan fingerprint density at radius 1 is 1.16 bits per heavy atom. The average molecular weight is 592 g/mol. The van der Waals surface area contributed by atoms with Crippen molar-refractivity contribution in [1.29, 1.82) is 0 Å². The lowest BCUT2D eigenvalue weighted by molar-refractivity contribution is -0.193. The van der Waals surface area contributed by atoms with Crippen LogP contribution in [-0.2, 0) is 9.53 Å². The first-order chi connectivity index (χ1) is 17.5. The Kier molecular flexibility index (Phi) is 7.24. The minimum atomic E-state index is -0.411. The van der Waals surface area contributed by atoms with E-state index in [4.69, 9.17) is 17.0 Å². The van der Waals surface area contributed by atoms with Crippen LogP contribution in [0.3, 0.4) is 0 Å². The zero-order valence-electron chi connectivity index (χ0n) is 22.7. The van der Waals surface area contributed by atoms with Gasteiger partial charge in [-0.15, -0.1) is 0 Å². The van der Waals surface area contributed by atoms with Gasteiger partial charge in [-0.2, -0.15) is 0 Å². The molecule has 3 N–H and O–H groups in total. The van der Waals surface area contributed by atoms with Crippen LogP contribution in [0.1, 0.15) is 79.1 Å². The van der Waals surface area contributed by atoms with Crippen molar-refractivity contribution in [3.05, 3.63) is 28.7 Å². The number of aliphatic hydroxyl groups is 1. The number of carbonyl (C=O) groups excluding carboxylic acids is 1.